The number of ether oxygens (including phenoxy) is 1. The van der Waals surface area contributed by atoms with E-state index in [0.717, 1.165) is 56.6 Å². The third-order valence-corrected chi connectivity index (χ3v) is 6.93. The first-order chi connectivity index (χ1) is 17.3. The molecule has 1 saturated carbocycles. The molecule has 3 heterocycles. The van der Waals surface area contributed by atoms with Crippen LogP contribution >= 0.6 is 0 Å². The maximum absolute atomic E-state index is 12.3. The molecule has 2 aliphatic rings. The number of amides is 1. The summed E-state index contributed by atoms with van der Waals surface area (Å²) in [7, 11) is 0. The minimum atomic E-state index is -0.446. The molecule has 1 aliphatic heterocycles. The Bertz CT molecular complexity index is 1170. The van der Waals surface area contributed by atoms with Crippen LogP contribution < -0.4 is 5.32 Å². The highest BCUT2D eigenvalue weighted by Gasteiger charge is 2.28. The van der Waals surface area contributed by atoms with Crippen molar-refractivity contribution in [2.45, 2.75) is 58.1 Å². The van der Waals surface area contributed by atoms with Gasteiger partial charge in [0.1, 0.15) is 11.1 Å². The molecule has 0 unspecified atom stereocenters. The first-order valence-electron chi connectivity index (χ1n) is 12.9. The lowest BCUT2D eigenvalue weighted by atomic mass is 9.85. The van der Waals surface area contributed by atoms with E-state index in [1.54, 1.807) is 10.9 Å². The Morgan fingerprint density at radius 1 is 1.06 bits per heavy atom. The highest BCUT2D eigenvalue weighted by atomic mass is 16.6. The molecule has 1 aromatic carbocycles. The summed E-state index contributed by atoms with van der Waals surface area (Å²) in [4.78, 5) is 25.8. The van der Waals surface area contributed by atoms with Gasteiger partial charge in [0.05, 0.1) is 5.52 Å². The van der Waals surface area contributed by atoms with Gasteiger partial charge in [-0.2, -0.15) is 9.67 Å². The number of rotatable bonds is 5. The van der Waals surface area contributed by atoms with Gasteiger partial charge in [-0.3, -0.25) is 4.90 Å². The number of benzene rings is 1. The van der Waals surface area contributed by atoms with Crippen LogP contribution in [0.3, 0.4) is 0 Å². The second-order valence-electron chi connectivity index (χ2n) is 10.9. The number of carbonyl (C=O) groups excluding carboxylic acids is 1. The van der Waals surface area contributed by atoms with Crippen LogP contribution in [0.15, 0.2) is 36.5 Å². The van der Waals surface area contributed by atoms with Crippen LogP contribution in [0, 0.1) is 5.92 Å². The number of nitrogens with one attached hydrogen (secondary N) is 1. The lowest BCUT2D eigenvalue weighted by Gasteiger charge is -2.38. The SMILES string of the molecule is CC(C)(C)OC(=O)N1CCN(CC2CCC(Nc3nccc(-n4nnc5ccccc54)n3)CC2)CC1. The zero-order valence-corrected chi connectivity index (χ0v) is 21.4. The summed E-state index contributed by atoms with van der Waals surface area (Å²) in [5.41, 5.74) is 1.32. The summed E-state index contributed by atoms with van der Waals surface area (Å²) in [5.74, 6) is 2.03. The lowest BCUT2D eigenvalue weighted by Crippen LogP contribution is -2.51. The minimum Gasteiger partial charge on any atom is -0.444 e. The Hall–Kier alpha value is -3.27. The van der Waals surface area contributed by atoms with Gasteiger partial charge in [-0.25, -0.2) is 9.78 Å². The molecule has 0 atom stereocenters. The zero-order chi connectivity index (χ0) is 25.1. The number of fused-ring (bicyclic) bond motifs is 1. The van der Waals surface area contributed by atoms with Gasteiger partial charge in [0.15, 0.2) is 5.82 Å². The second kappa shape index (κ2) is 10.4. The number of hydrogen-bond acceptors (Lipinski definition) is 8. The molecule has 1 saturated heterocycles. The molecule has 2 aromatic heterocycles. The van der Waals surface area contributed by atoms with Gasteiger partial charge in [-0.05, 0) is 64.5 Å². The Kier molecular flexibility index (Phi) is 7.04. The van der Waals surface area contributed by atoms with E-state index in [2.05, 4.69) is 25.5 Å². The lowest BCUT2D eigenvalue weighted by molar-refractivity contribution is 0.0128. The minimum absolute atomic E-state index is 0.197. The second-order valence-corrected chi connectivity index (χ2v) is 10.9. The maximum atomic E-state index is 12.3. The summed E-state index contributed by atoms with van der Waals surface area (Å²) in [6.45, 7) is 10.1. The summed E-state index contributed by atoms with van der Waals surface area (Å²) >= 11 is 0. The predicted molar refractivity (Wildman–Crippen MR) is 138 cm³/mol. The number of hydrogen-bond donors (Lipinski definition) is 1. The van der Waals surface area contributed by atoms with Gasteiger partial charge in [-0.1, -0.05) is 17.3 Å². The highest BCUT2D eigenvalue weighted by molar-refractivity contribution is 5.75. The van der Waals surface area contributed by atoms with E-state index < -0.39 is 5.60 Å². The van der Waals surface area contributed by atoms with Crippen molar-refractivity contribution in [3.8, 4) is 5.82 Å². The van der Waals surface area contributed by atoms with E-state index >= 15 is 0 Å². The molecule has 2 fully saturated rings. The molecular formula is C26H36N8O2. The van der Waals surface area contributed by atoms with Crippen molar-refractivity contribution < 1.29 is 9.53 Å². The van der Waals surface area contributed by atoms with Crippen LogP contribution in [-0.4, -0.2) is 85.2 Å². The van der Waals surface area contributed by atoms with Crippen LogP contribution in [0.1, 0.15) is 46.5 Å². The van der Waals surface area contributed by atoms with Crippen LogP contribution in [0.4, 0.5) is 10.7 Å². The summed E-state index contributed by atoms with van der Waals surface area (Å²) < 4.78 is 7.27. The van der Waals surface area contributed by atoms with E-state index in [0.29, 0.717) is 23.7 Å². The van der Waals surface area contributed by atoms with Crippen molar-refractivity contribution in [2.24, 2.45) is 5.92 Å². The van der Waals surface area contributed by atoms with Crippen molar-refractivity contribution in [1.29, 1.82) is 0 Å². The molecule has 192 valence electrons. The van der Waals surface area contributed by atoms with Gasteiger partial charge in [-0.15, -0.1) is 5.10 Å². The largest absolute Gasteiger partial charge is 0.444 e. The Morgan fingerprint density at radius 3 is 2.56 bits per heavy atom. The molecule has 3 aromatic rings. The molecule has 1 aliphatic carbocycles. The van der Waals surface area contributed by atoms with E-state index in [1.807, 2.05) is 56.0 Å². The number of anilines is 1. The number of aromatic nitrogens is 5. The molecule has 36 heavy (non-hydrogen) atoms. The first-order valence-corrected chi connectivity index (χ1v) is 12.9. The quantitative estimate of drug-likeness (QED) is 0.575. The normalized spacial score (nSPS) is 21.5. The number of nitrogens with zero attached hydrogens (tertiary/aromatic N) is 7. The van der Waals surface area contributed by atoms with Gasteiger partial charge in [0.25, 0.3) is 0 Å². The fourth-order valence-electron chi connectivity index (χ4n) is 5.05. The molecule has 0 spiro atoms. The highest BCUT2D eigenvalue weighted by Crippen LogP contribution is 2.27. The first kappa shape index (κ1) is 24.4. The van der Waals surface area contributed by atoms with E-state index in [9.17, 15) is 4.79 Å². The maximum Gasteiger partial charge on any atom is 0.410 e. The van der Waals surface area contributed by atoms with Gasteiger partial charge >= 0.3 is 6.09 Å². The molecule has 5 rings (SSSR count). The molecule has 10 heteroatoms. The van der Waals surface area contributed by atoms with Gasteiger partial charge in [0.2, 0.25) is 5.95 Å². The fourth-order valence-corrected chi connectivity index (χ4v) is 5.05. The number of carbonyl (C=O) groups is 1. The smallest absolute Gasteiger partial charge is 0.410 e. The van der Waals surface area contributed by atoms with Crippen molar-refractivity contribution in [2.75, 3.05) is 38.0 Å². The van der Waals surface area contributed by atoms with Crippen molar-refractivity contribution in [3.05, 3.63) is 36.5 Å². The molecule has 0 radical (unpaired) electrons. The Labute approximate surface area is 212 Å². The average molecular weight is 493 g/mol. The van der Waals surface area contributed by atoms with Crippen LogP contribution in [-0.2, 0) is 4.74 Å². The zero-order valence-electron chi connectivity index (χ0n) is 21.4. The van der Waals surface area contributed by atoms with E-state index in [1.165, 1.54) is 12.8 Å². The average Bonchev–Trinajstić information content (AvgIpc) is 3.29. The molecule has 0 bridgehead atoms. The van der Waals surface area contributed by atoms with Crippen LogP contribution in [0.2, 0.25) is 0 Å². The van der Waals surface area contributed by atoms with E-state index in [-0.39, 0.29) is 6.09 Å². The van der Waals surface area contributed by atoms with Crippen LogP contribution in [0.5, 0.6) is 0 Å². The fraction of sp³-hybridized carbons (Fsp3) is 0.577. The van der Waals surface area contributed by atoms with Gasteiger partial charge in [0, 0.05) is 51.0 Å². The monoisotopic (exact) mass is 492 g/mol. The third kappa shape index (κ3) is 5.92. The van der Waals surface area contributed by atoms with E-state index in [4.69, 9.17) is 9.72 Å². The van der Waals surface area contributed by atoms with Crippen LogP contribution in [0.25, 0.3) is 16.9 Å². The molecule has 1 amide bonds. The van der Waals surface area contributed by atoms with Crippen molar-refractivity contribution >= 4 is 23.1 Å². The van der Waals surface area contributed by atoms with Crippen molar-refractivity contribution in [1.82, 2.24) is 34.8 Å². The molecule has 1 N–H and O–H groups in total. The Balaban J connectivity index is 1.08. The third-order valence-electron chi connectivity index (χ3n) is 6.93. The summed E-state index contributed by atoms with van der Waals surface area (Å²) in [5, 5.41) is 12.0. The predicted octanol–water partition coefficient (Wildman–Crippen LogP) is 3.73. The summed E-state index contributed by atoms with van der Waals surface area (Å²) in [6, 6.07) is 10.1. The summed E-state index contributed by atoms with van der Waals surface area (Å²) in [6.07, 6.45) is 6.13. The molecule has 10 nitrogen and oxygen atoms in total. The topological polar surface area (TPSA) is 101 Å². The van der Waals surface area contributed by atoms with Crippen molar-refractivity contribution in [3.63, 3.8) is 0 Å². The molecular weight excluding hydrogens is 456 g/mol. The Morgan fingerprint density at radius 2 is 1.81 bits per heavy atom. The van der Waals surface area contributed by atoms with Gasteiger partial charge < -0.3 is 15.0 Å². The number of piperazine rings is 1. The number of para-hydroxylation sites is 1. The standard InChI is InChI=1S/C26H36N8O2/c1-26(2,3)36-25(35)33-16-14-32(15-17-33)18-19-8-10-20(11-9-19)28-24-27-13-12-23(29-24)34-22-7-5-4-6-21(22)30-31-34/h4-7,12-13,19-20H,8-11,14-18H2,1-3H3,(H,27,28,29).